The van der Waals surface area contributed by atoms with Crippen molar-refractivity contribution < 1.29 is 8.42 Å². The van der Waals surface area contributed by atoms with Gasteiger partial charge in [0, 0.05) is 20.1 Å². The van der Waals surface area contributed by atoms with Crippen LogP contribution < -0.4 is 5.32 Å². The lowest BCUT2D eigenvalue weighted by Gasteiger charge is -2.33. The molecule has 98 valence electrons. The Balaban J connectivity index is 2.68. The van der Waals surface area contributed by atoms with Gasteiger partial charge in [0.05, 0.1) is 6.54 Å². The summed E-state index contributed by atoms with van der Waals surface area (Å²) in [6.45, 7) is 2.15. The van der Waals surface area contributed by atoms with Crippen LogP contribution in [0.4, 0.5) is 0 Å². The summed E-state index contributed by atoms with van der Waals surface area (Å²) in [5, 5.41) is 3.10. The van der Waals surface area contributed by atoms with Crippen molar-refractivity contribution in [2.75, 3.05) is 40.3 Å². The van der Waals surface area contributed by atoms with Gasteiger partial charge >= 0.3 is 0 Å². The van der Waals surface area contributed by atoms with E-state index >= 15 is 0 Å². The first-order valence-electron chi connectivity index (χ1n) is 5.81. The van der Waals surface area contributed by atoms with E-state index in [2.05, 4.69) is 11.2 Å². The fourth-order valence-electron chi connectivity index (χ4n) is 2.10. The minimum absolute atomic E-state index is 0.121. The summed E-state index contributed by atoms with van der Waals surface area (Å²) in [5.41, 5.74) is 0. The van der Waals surface area contributed by atoms with Crippen LogP contribution in [0.2, 0.25) is 0 Å². The van der Waals surface area contributed by atoms with E-state index in [4.69, 9.17) is 6.42 Å². The second-order valence-electron chi connectivity index (χ2n) is 4.39. The summed E-state index contributed by atoms with van der Waals surface area (Å²) in [6.07, 6.45) is 7.13. The smallest absolute Gasteiger partial charge is 0.282 e. The summed E-state index contributed by atoms with van der Waals surface area (Å²) in [6, 6.07) is 0. The molecule has 17 heavy (non-hydrogen) atoms. The van der Waals surface area contributed by atoms with Gasteiger partial charge < -0.3 is 5.32 Å². The zero-order valence-electron chi connectivity index (χ0n) is 10.5. The number of nitrogens with one attached hydrogen (secondary N) is 1. The summed E-state index contributed by atoms with van der Waals surface area (Å²) in [7, 11) is 0.0325. The molecule has 1 heterocycles. The van der Waals surface area contributed by atoms with Crippen LogP contribution in [0.1, 0.15) is 12.8 Å². The van der Waals surface area contributed by atoms with E-state index in [0.29, 0.717) is 19.0 Å². The molecule has 0 aromatic rings. The maximum Gasteiger partial charge on any atom is 0.282 e. The predicted molar refractivity (Wildman–Crippen MR) is 68.6 cm³/mol. The highest BCUT2D eigenvalue weighted by atomic mass is 32.2. The monoisotopic (exact) mass is 259 g/mol. The van der Waals surface area contributed by atoms with Crippen LogP contribution in [0.15, 0.2) is 0 Å². The van der Waals surface area contributed by atoms with E-state index in [1.54, 1.807) is 0 Å². The molecule has 0 aliphatic carbocycles. The molecule has 1 N–H and O–H groups in total. The average Bonchev–Trinajstić information content (AvgIpc) is 2.30. The number of piperidine rings is 1. The molecule has 1 atom stereocenters. The number of hydrogen-bond acceptors (Lipinski definition) is 3. The molecular formula is C11H21N3O2S. The highest BCUT2D eigenvalue weighted by Crippen LogP contribution is 2.19. The fourth-order valence-corrected chi connectivity index (χ4v) is 3.49. The number of rotatable bonds is 5. The van der Waals surface area contributed by atoms with E-state index in [-0.39, 0.29) is 6.54 Å². The lowest BCUT2D eigenvalue weighted by molar-refractivity contribution is 0.251. The molecular weight excluding hydrogens is 238 g/mol. The Morgan fingerprint density at radius 2 is 2.29 bits per heavy atom. The lowest BCUT2D eigenvalue weighted by atomic mass is 10.00. The molecule has 1 saturated heterocycles. The molecule has 1 aliphatic rings. The summed E-state index contributed by atoms with van der Waals surface area (Å²) in [4.78, 5) is 0. The Labute approximate surface area is 104 Å². The highest BCUT2D eigenvalue weighted by molar-refractivity contribution is 7.86. The van der Waals surface area contributed by atoms with Gasteiger partial charge in [0.25, 0.3) is 10.2 Å². The molecule has 1 fully saturated rings. The number of nitrogens with zero attached hydrogens (tertiary/aromatic N) is 2. The number of hydrogen-bond donors (Lipinski definition) is 1. The minimum atomic E-state index is -3.38. The summed E-state index contributed by atoms with van der Waals surface area (Å²) in [5.74, 6) is 2.75. The zero-order chi connectivity index (χ0) is 12.9. The summed E-state index contributed by atoms with van der Waals surface area (Å²) < 4.78 is 27.1. The minimum Gasteiger partial charge on any atom is -0.319 e. The maximum atomic E-state index is 12.2. The lowest BCUT2D eigenvalue weighted by Crippen LogP contribution is -2.48. The van der Waals surface area contributed by atoms with Gasteiger partial charge in [0.2, 0.25) is 0 Å². The topological polar surface area (TPSA) is 52.7 Å². The van der Waals surface area contributed by atoms with Gasteiger partial charge in [-0.1, -0.05) is 5.92 Å². The first kappa shape index (κ1) is 14.5. The van der Waals surface area contributed by atoms with Crippen molar-refractivity contribution in [3.05, 3.63) is 0 Å². The van der Waals surface area contributed by atoms with Crippen LogP contribution in [0, 0.1) is 18.3 Å². The SMILES string of the molecule is C#CCN(C)S(=O)(=O)N1CCCC(CNC)C1. The second kappa shape index (κ2) is 6.36. The Bertz CT molecular complexity index is 373. The Hall–Kier alpha value is -0.610. The average molecular weight is 259 g/mol. The first-order valence-corrected chi connectivity index (χ1v) is 7.21. The normalized spacial score (nSPS) is 22.6. The maximum absolute atomic E-state index is 12.2. The van der Waals surface area contributed by atoms with E-state index in [0.717, 1.165) is 19.4 Å². The third kappa shape index (κ3) is 3.68. The van der Waals surface area contributed by atoms with Gasteiger partial charge in [0.1, 0.15) is 0 Å². The van der Waals surface area contributed by atoms with Gasteiger partial charge in [-0.3, -0.25) is 0 Å². The van der Waals surface area contributed by atoms with Crippen molar-refractivity contribution >= 4 is 10.2 Å². The van der Waals surface area contributed by atoms with Gasteiger partial charge in [-0.25, -0.2) is 0 Å². The van der Waals surface area contributed by atoms with Crippen LogP contribution in [0.25, 0.3) is 0 Å². The molecule has 0 spiro atoms. The Morgan fingerprint density at radius 1 is 1.59 bits per heavy atom. The first-order chi connectivity index (χ1) is 8.02. The molecule has 0 radical (unpaired) electrons. The molecule has 1 unspecified atom stereocenters. The van der Waals surface area contributed by atoms with Crippen LogP contribution >= 0.6 is 0 Å². The highest BCUT2D eigenvalue weighted by Gasteiger charge is 2.31. The quantitative estimate of drug-likeness (QED) is 0.691. The predicted octanol–water partition coefficient (Wildman–Crippen LogP) is -0.272. The standard InChI is InChI=1S/C11H21N3O2S/c1-4-7-13(3)17(15,16)14-8-5-6-11(10-14)9-12-2/h1,11-12H,5-10H2,2-3H3. The molecule has 0 aromatic carbocycles. The van der Waals surface area contributed by atoms with Crippen molar-refractivity contribution in [3.8, 4) is 12.3 Å². The molecule has 0 aromatic heterocycles. The van der Waals surface area contributed by atoms with Gasteiger partial charge in [-0.15, -0.1) is 6.42 Å². The molecule has 0 amide bonds. The van der Waals surface area contributed by atoms with Crippen molar-refractivity contribution in [2.24, 2.45) is 5.92 Å². The molecule has 5 nitrogen and oxygen atoms in total. The van der Waals surface area contributed by atoms with Crippen LogP contribution in [-0.4, -0.2) is 57.3 Å². The molecule has 0 bridgehead atoms. The van der Waals surface area contributed by atoms with Gasteiger partial charge in [-0.05, 0) is 32.4 Å². The van der Waals surface area contributed by atoms with Crippen LogP contribution in [0.3, 0.4) is 0 Å². The number of terminal acetylenes is 1. The summed E-state index contributed by atoms with van der Waals surface area (Å²) >= 11 is 0. The molecule has 6 heteroatoms. The Morgan fingerprint density at radius 3 is 2.88 bits per heavy atom. The Kier molecular flexibility index (Phi) is 5.40. The van der Waals surface area contributed by atoms with E-state index in [1.807, 2.05) is 7.05 Å². The van der Waals surface area contributed by atoms with Crippen LogP contribution in [-0.2, 0) is 10.2 Å². The molecule has 1 aliphatic heterocycles. The van der Waals surface area contributed by atoms with E-state index in [9.17, 15) is 8.42 Å². The molecule has 0 saturated carbocycles. The van der Waals surface area contributed by atoms with E-state index < -0.39 is 10.2 Å². The van der Waals surface area contributed by atoms with Crippen molar-refractivity contribution in [1.82, 2.24) is 13.9 Å². The van der Waals surface area contributed by atoms with Crippen molar-refractivity contribution in [3.63, 3.8) is 0 Å². The van der Waals surface area contributed by atoms with E-state index in [1.165, 1.54) is 15.7 Å². The van der Waals surface area contributed by atoms with Gasteiger partial charge in [-0.2, -0.15) is 17.0 Å². The third-order valence-corrected chi connectivity index (χ3v) is 4.91. The third-order valence-electron chi connectivity index (χ3n) is 3.01. The largest absolute Gasteiger partial charge is 0.319 e. The van der Waals surface area contributed by atoms with Crippen molar-refractivity contribution in [1.29, 1.82) is 0 Å². The van der Waals surface area contributed by atoms with Crippen molar-refractivity contribution in [2.45, 2.75) is 12.8 Å². The zero-order valence-corrected chi connectivity index (χ0v) is 11.3. The second-order valence-corrected chi connectivity index (χ2v) is 6.43. The fraction of sp³-hybridized carbons (Fsp3) is 0.818. The van der Waals surface area contributed by atoms with Gasteiger partial charge in [0.15, 0.2) is 0 Å². The van der Waals surface area contributed by atoms with Crippen LogP contribution in [0.5, 0.6) is 0 Å². The molecule has 1 rings (SSSR count).